The van der Waals surface area contributed by atoms with Crippen molar-refractivity contribution in [3.63, 3.8) is 0 Å². The molecule has 0 aromatic rings. The van der Waals surface area contributed by atoms with Crippen LogP contribution in [0.5, 0.6) is 0 Å². The summed E-state index contributed by atoms with van der Waals surface area (Å²) in [5.74, 6) is 1.56. The minimum atomic E-state index is 0.0669. The highest BCUT2D eigenvalue weighted by Gasteiger charge is 2.59. The first kappa shape index (κ1) is 12.9. The van der Waals surface area contributed by atoms with Crippen molar-refractivity contribution in [1.82, 2.24) is 0 Å². The first-order chi connectivity index (χ1) is 8.31. The van der Waals surface area contributed by atoms with Gasteiger partial charge in [0, 0.05) is 7.11 Å². The molecule has 1 aliphatic heterocycles. The molecule has 5 atom stereocenters. The lowest BCUT2D eigenvalue weighted by molar-refractivity contribution is -0.160. The molecule has 18 heavy (non-hydrogen) atoms. The standard InChI is InChI=1S/C16H28O2/c1-14(2)10-12-11(14)6-8-16(4)13(18-16)7-9-15(12,3)17-5/h11-13H,6-10H2,1-5H3/t11-,12-,13+,15-,16-/m1/s1. The Morgan fingerprint density at radius 2 is 1.72 bits per heavy atom. The lowest BCUT2D eigenvalue weighted by Gasteiger charge is -2.58. The third kappa shape index (κ3) is 1.76. The highest BCUT2D eigenvalue weighted by molar-refractivity contribution is 5.09. The van der Waals surface area contributed by atoms with Crippen LogP contribution in [-0.4, -0.2) is 24.4 Å². The first-order valence-corrected chi connectivity index (χ1v) is 7.54. The topological polar surface area (TPSA) is 21.8 Å². The third-order valence-corrected chi connectivity index (χ3v) is 6.38. The van der Waals surface area contributed by atoms with Crippen LogP contribution in [0, 0.1) is 17.3 Å². The fourth-order valence-electron chi connectivity index (χ4n) is 4.65. The molecule has 0 aromatic heterocycles. The maximum Gasteiger partial charge on any atom is 0.0920 e. The Hall–Kier alpha value is -0.0800. The minimum Gasteiger partial charge on any atom is -0.378 e. The number of rotatable bonds is 1. The van der Waals surface area contributed by atoms with Crippen molar-refractivity contribution in [2.24, 2.45) is 17.3 Å². The quantitative estimate of drug-likeness (QED) is 0.662. The van der Waals surface area contributed by atoms with Crippen LogP contribution in [0.25, 0.3) is 0 Å². The number of epoxide rings is 1. The van der Waals surface area contributed by atoms with Crippen LogP contribution in [0.2, 0.25) is 0 Å². The number of methoxy groups -OCH3 is 1. The molecule has 0 radical (unpaired) electrons. The zero-order chi connectivity index (χ0) is 13.2. The molecule has 104 valence electrons. The van der Waals surface area contributed by atoms with Crippen LogP contribution in [0.15, 0.2) is 0 Å². The molecule has 1 saturated heterocycles. The van der Waals surface area contributed by atoms with E-state index in [2.05, 4.69) is 27.7 Å². The van der Waals surface area contributed by atoms with Crippen LogP contribution in [0.3, 0.4) is 0 Å². The van der Waals surface area contributed by atoms with E-state index in [1.807, 2.05) is 7.11 Å². The smallest absolute Gasteiger partial charge is 0.0920 e. The van der Waals surface area contributed by atoms with Gasteiger partial charge in [0.05, 0.1) is 17.3 Å². The van der Waals surface area contributed by atoms with Crippen molar-refractivity contribution in [2.75, 3.05) is 7.11 Å². The highest BCUT2D eigenvalue weighted by atomic mass is 16.6. The molecule has 1 heterocycles. The molecule has 3 aliphatic rings. The third-order valence-electron chi connectivity index (χ3n) is 6.38. The van der Waals surface area contributed by atoms with Crippen molar-refractivity contribution < 1.29 is 9.47 Å². The minimum absolute atomic E-state index is 0.0669. The zero-order valence-electron chi connectivity index (χ0n) is 12.6. The van der Waals surface area contributed by atoms with E-state index in [4.69, 9.17) is 9.47 Å². The molecule has 2 nitrogen and oxygen atoms in total. The SMILES string of the molecule is CO[C@]1(C)CC[C@@H]2O[C@]2(C)CC[C@@H]2[C@H]1CC2(C)C. The Kier molecular flexibility index (Phi) is 2.68. The van der Waals surface area contributed by atoms with Crippen molar-refractivity contribution >= 4 is 0 Å². The number of fused-ring (bicyclic) bond motifs is 2. The molecule has 3 rings (SSSR count). The lowest BCUT2D eigenvalue weighted by atomic mass is 9.49. The fourth-order valence-corrected chi connectivity index (χ4v) is 4.65. The van der Waals surface area contributed by atoms with Gasteiger partial charge in [-0.25, -0.2) is 0 Å². The molecule has 3 fully saturated rings. The van der Waals surface area contributed by atoms with E-state index >= 15 is 0 Å². The Morgan fingerprint density at radius 1 is 1.00 bits per heavy atom. The van der Waals surface area contributed by atoms with E-state index < -0.39 is 0 Å². The monoisotopic (exact) mass is 252 g/mol. The van der Waals surface area contributed by atoms with Crippen molar-refractivity contribution in [3.8, 4) is 0 Å². The summed E-state index contributed by atoms with van der Waals surface area (Å²) in [7, 11) is 1.90. The van der Waals surface area contributed by atoms with Gasteiger partial charge in [0.15, 0.2) is 0 Å². The van der Waals surface area contributed by atoms with Crippen LogP contribution < -0.4 is 0 Å². The normalized spacial score (nSPS) is 54.2. The lowest BCUT2D eigenvalue weighted by Crippen LogP contribution is -2.55. The highest BCUT2D eigenvalue weighted by Crippen LogP contribution is 2.61. The van der Waals surface area contributed by atoms with Crippen molar-refractivity contribution in [3.05, 3.63) is 0 Å². The van der Waals surface area contributed by atoms with E-state index in [0.717, 1.165) is 18.3 Å². The summed E-state index contributed by atoms with van der Waals surface area (Å²) in [5.41, 5.74) is 0.752. The summed E-state index contributed by atoms with van der Waals surface area (Å²) >= 11 is 0. The summed E-state index contributed by atoms with van der Waals surface area (Å²) in [6.07, 6.45) is 6.69. The van der Waals surface area contributed by atoms with E-state index in [1.54, 1.807) is 0 Å². The van der Waals surface area contributed by atoms with Gasteiger partial charge in [0.25, 0.3) is 0 Å². The van der Waals surface area contributed by atoms with Gasteiger partial charge in [-0.1, -0.05) is 13.8 Å². The van der Waals surface area contributed by atoms with Gasteiger partial charge in [-0.3, -0.25) is 0 Å². The van der Waals surface area contributed by atoms with Gasteiger partial charge < -0.3 is 9.47 Å². The average molecular weight is 252 g/mol. The molecule has 0 spiro atoms. The van der Waals surface area contributed by atoms with Gasteiger partial charge in [0.2, 0.25) is 0 Å². The Bertz CT molecular complexity index is 351. The summed E-state index contributed by atoms with van der Waals surface area (Å²) < 4.78 is 11.9. The molecule has 0 aromatic carbocycles. The van der Waals surface area contributed by atoms with E-state index in [-0.39, 0.29) is 11.2 Å². The van der Waals surface area contributed by atoms with Gasteiger partial charge in [-0.05, 0) is 63.2 Å². The van der Waals surface area contributed by atoms with E-state index in [1.165, 1.54) is 25.7 Å². The van der Waals surface area contributed by atoms with Crippen LogP contribution >= 0.6 is 0 Å². The molecule has 0 unspecified atom stereocenters. The molecule has 0 bridgehead atoms. The van der Waals surface area contributed by atoms with Gasteiger partial charge >= 0.3 is 0 Å². The molecule has 2 aliphatic carbocycles. The van der Waals surface area contributed by atoms with Gasteiger partial charge in [-0.2, -0.15) is 0 Å². The summed E-state index contributed by atoms with van der Waals surface area (Å²) in [6, 6.07) is 0. The number of hydrogen-bond acceptors (Lipinski definition) is 2. The summed E-state index contributed by atoms with van der Waals surface area (Å²) in [4.78, 5) is 0. The second-order valence-electron chi connectivity index (χ2n) is 7.92. The van der Waals surface area contributed by atoms with Crippen LogP contribution in [-0.2, 0) is 9.47 Å². The maximum absolute atomic E-state index is 5.94. The Balaban J connectivity index is 1.83. The zero-order valence-corrected chi connectivity index (χ0v) is 12.6. The van der Waals surface area contributed by atoms with E-state index in [0.29, 0.717) is 11.5 Å². The second-order valence-corrected chi connectivity index (χ2v) is 7.92. The molecule has 0 N–H and O–H groups in total. The van der Waals surface area contributed by atoms with Crippen molar-refractivity contribution in [2.45, 2.75) is 77.1 Å². The predicted molar refractivity (Wildman–Crippen MR) is 72.5 cm³/mol. The molecule has 0 amide bonds. The first-order valence-electron chi connectivity index (χ1n) is 7.54. The maximum atomic E-state index is 5.94. The largest absolute Gasteiger partial charge is 0.378 e. The fraction of sp³-hybridized carbons (Fsp3) is 1.00. The number of ether oxygens (including phenoxy) is 2. The molecular formula is C16H28O2. The van der Waals surface area contributed by atoms with Crippen LogP contribution in [0.1, 0.15) is 59.8 Å². The molecule has 2 heteroatoms. The predicted octanol–water partition coefficient (Wildman–Crippen LogP) is 3.79. The van der Waals surface area contributed by atoms with Gasteiger partial charge in [0.1, 0.15) is 0 Å². The Labute approximate surface area is 111 Å². The Morgan fingerprint density at radius 3 is 2.33 bits per heavy atom. The van der Waals surface area contributed by atoms with Crippen LogP contribution in [0.4, 0.5) is 0 Å². The molecular weight excluding hydrogens is 224 g/mol. The molecule has 2 saturated carbocycles. The summed E-state index contributed by atoms with van der Waals surface area (Å²) in [5, 5.41) is 0. The van der Waals surface area contributed by atoms with E-state index in [9.17, 15) is 0 Å². The second kappa shape index (κ2) is 3.73. The van der Waals surface area contributed by atoms with Crippen molar-refractivity contribution in [1.29, 1.82) is 0 Å². The number of hydrogen-bond donors (Lipinski definition) is 0. The van der Waals surface area contributed by atoms with Gasteiger partial charge in [-0.15, -0.1) is 0 Å². The summed E-state index contributed by atoms with van der Waals surface area (Å²) in [6.45, 7) is 9.48. The average Bonchev–Trinajstić information content (AvgIpc) is 2.94.